The molecule has 0 bridgehead atoms. The minimum Gasteiger partial charge on any atom is -0.487 e. The second kappa shape index (κ2) is 5.89. The molecule has 1 saturated heterocycles. The van der Waals surface area contributed by atoms with Crippen molar-refractivity contribution in [2.24, 2.45) is 5.92 Å². The summed E-state index contributed by atoms with van der Waals surface area (Å²) in [5, 5.41) is 14.4. The van der Waals surface area contributed by atoms with Crippen LogP contribution in [0.4, 0.5) is 11.4 Å². The van der Waals surface area contributed by atoms with Gasteiger partial charge in [0.15, 0.2) is 5.75 Å². The van der Waals surface area contributed by atoms with Crippen LogP contribution < -0.4 is 10.1 Å². The minimum absolute atomic E-state index is 0.00353. The van der Waals surface area contributed by atoms with E-state index in [-0.39, 0.29) is 17.8 Å². The molecule has 1 aromatic carbocycles. The van der Waals surface area contributed by atoms with Crippen LogP contribution in [-0.2, 0) is 4.74 Å². The largest absolute Gasteiger partial charge is 0.487 e. The highest BCUT2D eigenvalue weighted by atomic mass is 16.6. The summed E-state index contributed by atoms with van der Waals surface area (Å²) in [4.78, 5) is 10.6. The number of anilines is 1. The summed E-state index contributed by atoms with van der Waals surface area (Å²) in [7, 11) is 0. The molecule has 1 aliphatic carbocycles. The first kappa shape index (κ1) is 14.1. The third kappa shape index (κ3) is 3.10. The van der Waals surface area contributed by atoms with Gasteiger partial charge in [0.1, 0.15) is 0 Å². The molecule has 2 unspecified atom stereocenters. The van der Waals surface area contributed by atoms with Crippen molar-refractivity contribution in [2.45, 2.75) is 38.3 Å². The van der Waals surface area contributed by atoms with E-state index in [0.717, 1.165) is 18.7 Å². The first-order valence-electron chi connectivity index (χ1n) is 7.48. The normalized spacial score (nSPS) is 24.8. The first-order chi connectivity index (χ1) is 10.2. The highest BCUT2D eigenvalue weighted by molar-refractivity contribution is 5.58. The molecular formula is C15H20N2O4. The Morgan fingerprint density at radius 2 is 2.24 bits per heavy atom. The van der Waals surface area contributed by atoms with Crippen LogP contribution in [-0.4, -0.2) is 30.3 Å². The van der Waals surface area contributed by atoms with Crippen molar-refractivity contribution >= 4 is 11.4 Å². The monoisotopic (exact) mass is 292 g/mol. The number of rotatable bonds is 6. The highest BCUT2D eigenvalue weighted by Crippen LogP contribution is 2.40. The van der Waals surface area contributed by atoms with Gasteiger partial charge in [0.2, 0.25) is 0 Å². The molecule has 1 heterocycles. The van der Waals surface area contributed by atoms with Gasteiger partial charge in [0.25, 0.3) is 0 Å². The molecule has 2 aliphatic rings. The lowest BCUT2D eigenvalue weighted by molar-refractivity contribution is -0.385. The number of ether oxygens (including phenoxy) is 2. The van der Waals surface area contributed by atoms with E-state index in [1.54, 1.807) is 12.1 Å². The van der Waals surface area contributed by atoms with Gasteiger partial charge in [-0.1, -0.05) is 0 Å². The van der Waals surface area contributed by atoms with Crippen LogP contribution >= 0.6 is 0 Å². The second-order valence-electron chi connectivity index (χ2n) is 5.58. The molecule has 0 amide bonds. The standard InChI is InChI=1S/C15H20N2O4/c1-2-20-14-9-11(5-6-13(14)17(18)19)16-12-7-8-21-15(12)10-3-4-10/h5-6,9-10,12,15-16H,2-4,7-8H2,1H3. The minimum atomic E-state index is -0.416. The predicted octanol–water partition coefficient (Wildman–Crippen LogP) is 2.97. The molecule has 21 heavy (non-hydrogen) atoms. The van der Waals surface area contributed by atoms with E-state index in [9.17, 15) is 10.1 Å². The third-order valence-corrected chi connectivity index (χ3v) is 4.03. The van der Waals surface area contributed by atoms with Crippen LogP contribution in [0.1, 0.15) is 26.2 Å². The van der Waals surface area contributed by atoms with E-state index < -0.39 is 4.92 Å². The van der Waals surface area contributed by atoms with Gasteiger partial charge in [-0.2, -0.15) is 0 Å². The van der Waals surface area contributed by atoms with Crippen molar-refractivity contribution in [3.05, 3.63) is 28.3 Å². The molecule has 2 fully saturated rings. The fourth-order valence-electron chi connectivity index (χ4n) is 2.90. The van der Waals surface area contributed by atoms with Gasteiger partial charge in [0.05, 0.1) is 23.7 Å². The topological polar surface area (TPSA) is 73.6 Å². The lowest BCUT2D eigenvalue weighted by atomic mass is 10.1. The molecular weight excluding hydrogens is 272 g/mol. The summed E-state index contributed by atoms with van der Waals surface area (Å²) >= 11 is 0. The first-order valence-corrected chi connectivity index (χ1v) is 7.48. The maximum atomic E-state index is 11.0. The summed E-state index contributed by atoms with van der Waals surface area (Å²) in [6.45, 7) is 3.00. The number of nitro benzene ring substituents is 1. The summed E-state index contributed by atoms with van der Waals surface area (Å²) in [6.07, 6.45) is 3.73. The van der Waals surface area contributed by atoms with Crippen molar-refractivity contribution < 1.29 is 14.4 Å². The molecule has 3 rings (SSSR count). The van der Waals surface area contributed by atoms with Crippen LogP contribution in [0.5, 0.6) is 5.75 Å². The van der Waals surface area contributed by atoms with Gasteiger partial charge in [-0.3, -0.25) is 10.1 Å². The predicted molar refractivity (Wildman–Crippen MR) is 78.8 cm³/mol. The van der Waals surface area contributed by atoms with E-state index in [1.165, 1.54) is 18.9 Å². The lowest BCUT2D eigenvalue weighted by Gasteiger charge is -2.21. The van der Waals surface area contributed by atoms with Crippen molar-refractivity contribution in [2.75, 3.05) is 18.5 Å². The molecule has 6 heteroatoms. The Kier molecular flexibility index (Phi) is 3.96. The number of hydrogen-bond donors (Lipinski definition) is 1. The van der Waals surface area contributed by atoms with Crippen LogP contribution in [0.2, 0.25) is 0 Å². The Labute approximate surface area is 123 Å². The van der Waals surface area contributed by atoms with E-state index in [4.69, 9.17) is 9.47 Å². The molecule has 114 valence electrons. The van der Waals surface area contributed by atoms with Gasteiger partial charge in [0, 0.05) is 24.4 Å². The van der Waals surface area contributed by atoms with E-state index >= 15 is 0 Å². The molecule has 1 aromatic rings. The van der Waals surface area contributed by atoms with Gasteiger partial charge in [-0.05, 0) is 38.2 Å². The fourth-order valence-corrected chi connectivity index (χ4v) is 2.90. The number of nitrogens with zero attached hydrogens (tertiary/aromatic N) is 1. The SMILES string of the molecule is CCOc1cc(NC2CCOC2C2CC2)ccc1[N+](=O)[O-]. The van der Waals surface area contributed by atoms with Crippen molar-refractivity contribution in [3.63, 3.8) is 0 Å². The zero-order valence-corrected chi connectivity index (χ0v) is 12.1. The molecule has 6 nitrogen and oxygen atoms in total. The lowest BCUT2D eigenvalue weighted by Crippen LogP contribution is -2.30. The van der Waals surface area contributed by atoms with Gasteiger partial charge in [-0.25, -0.2) is 0 Å². The molecule has 1 saturated carbocycles. The maximum absolute atomic E-state index is 11.0. The zero-order chi connectivity index (χ0) is 14.8. The molecule has 1 aliphatic heterocycles. The van der Waals surface area contributed by atoms with Crippen LogP contribution in [0.15, 0.2) is 18.2 Å². The molecule has 0 aromatic heterocycles. The summed E-state index contributed by atoms with van der Waals surface area (Å²) in [5.74, 6) is 0.990. The fraction of sp³-hybridized carbons (Fsp3) is 0.600. The molecule has 0 radical (unpaired) electrons. The van der Waals surface area contributed by atoms with Crippen LogP contribution in [0.25, 0.3) is 0 Å². The summed E-state index contributed by atoms with van der Waals surface area (Å²) in [5.41, 5.74) is 0.856. The molecule has 0 spiro atoms. The third-order valence-electron chi connectivity index (χ3n) is 4.03. The van der Waals surface area contributed by atoms with E-state index in [0.29, 0.717) is 18.3 Å². The number of nitrogens with one attached hydrogen (secondary N) is 1. The van der Waals surface area contributed by atoms with Crippen molar-refractivity contribution in [3.8, 4) is 5.75 Å². The second-order valence-corrected chi connectivity index (χ2v) is 5.58. The number of nitro groups is 1. The Balaban J connectivity index is 1.75. The van der Waals surface area contributed by atoms with E-state index in [2.05, 4.69) is 5.32 Å². The Morgan fingerprint density at radius 1 is 1.43 bits per heavy atom. The van der Waals surface area contributed by atoms with Crippen molar-refractivity contribution in [1.29, 1.82) is 0 Å². The molecule has 2 atom stereocenters. The quantitative estimate of drug-likeness (QED) is 0.644. The van der Waals surface area contributed by atoms with Crippen molar-refractivity contribution in [1.82, 2.24) is 0 Å². The van der Waals surface area contributed by atoms with Crippen LogP contribution in [0.3, 0.4) is 0 Å². The maximum Gasteiger partial charge on any atom is 0.311 e. The van der Waals surface area contributed by atoms with Crippen LogP contribution in [0, 0.1) is 16.0 Å². The van der Waals surface area contributed by atoms with Gasteiger partial charge >= 0.3 is 5.69 Å². The van der Waals surface area contributed by atoms with Gasteiger partial charge in [-0.15, -0.1) is 0 Å². The summed E-state index contributed by atoms with van der Waals surface area (Å²) < 4.78 is 11.2. The van der Waals surface area contributed by atoms with E-state index in [1.807, 2.05) is 6.92 Å². The smallest absolute Gasteiger partial charge is 0.311 e. The number of hydrogen-bond acceptors (Lipinski definition) is 5. The summed E-state index contributed by atoms with van der Waals surface area (Å²) in [6, 6.07) is 5.23. The number of benzene rings is 1. The van der Waals surface area contributed by atoms with Gasteiger partial charge < -0.3 is 14.8 Å². The molecule has 1 N–H and O–H groups in total. The Morgan fingerprint density at radius 3 is 2.90 bits per heavy atom. The average Bonchev–Trinajstić information content (AvgIpc) is 3.20. The Hall–Kier alpha value is -1.82. The highest BCUT2D eigenvalue weighted by Gasteiger charge is 2.40. The zero-order valence-electron chi connectivity index (χ0n) is 12.1. The average molecular weight is 292 g/mol. The Bertz CT molecular complexity index is 530.